The zero-order valence-corrected chi connectivity index (χ0v) is 20.5. The first-order valence-corrected chi connectivity index (χ1v) is 12.4. The van der Waals surface area contributed by atoms with Gasteiger partial charge in [0.05, 0.1) is 24.0 Å². The number of nitrogens with zero attached hydrogens (tertiary/aromatic N) is 1. The first-order chi connectivity index (χ1) is 18.2. The summed E-state index contributed by atoms with van der Waals surface area (Å²) >= 11 is 0. The van der Waals surface area contributed by atoms with Crippen molar-refractivity contribution in [1.82, 2.24) is 10.6 Å². The van der Waals surface area contributed by atoms with Crippen molar-refractivity contribution < 1.29 is 32.6 Å². The van der Waals surface area contributed by atoms with Crippen LogP contribution in [0.1, 0.15) is 42.5 Å². The Morgan fingerprint density at radius 1 is 1.08 bits per heavy atom. The largest absolute Gasteiger partial charge is 0.351 e. The number of anilines is 3. The molecule has 4 rings (SSSR count). The summed E-state index contributed by atoms with van der Waals surface area (Å²) in [6.07, 6.45) is -0.380. The Labute approximate surface area is 217 Å². The molecule has 1 saturated heterocycles. The molecule has 2 aliphatic rings. The number of benzene rings is 1. The minimum atomic E-state index is -3.17. The molecule has 204 valence electrons. The highest BCUT2D eigenvalue weighted by atomic mass is 19.3. The van der Waals surface area contributed by atoms with E-state index in [9.17, 15) is 28.3 Å². The minimum Gasteiger partial charge on any atom is -0.351 e. The Balaban J connectivity index is 1.45. The number of hydrogen-bond acceptors (Lipinski definition) is 7. The van der Waals surface area contributed by atoms with E-state index in [0.29, 0.717) is 0 Å². The maximum absolute atomic E-state index is 15.0. The molecule has 1 aliphatic carbocycles. The standard InChI is InChI=1S/C26H29F3N4O5/c27-19-12-17(33-14-18(38-26(33)37)13-30-25(36)23(28)29)9-10-20(19)32-21-11-15(5-4-8-22(21)34)24(35)31-16-6-2-1-3-7-16/h4-5,8-12,16,18,23,26,37H,1-3,6-7,13-14H2,(H,30,36)(H,31,35)(H,32,34)/t18-,26?/m0/s1. The van der Waals surface area contributed by atoms with Crippen molar-refractivity contribution in [3.05, 3.63) is 64.1 Å². The Kier molecular flexibility index (Phi) is 8.85. The van der Waals surface area contributed by atoms with Gasteiger partial charge in [-0.15, -0.1) is 0 Å². The fraction of sp³-hybridized carbons (Fsp3) is 0.423. The van der Waals surface area contributed by atoms with Crippen molar-refractivity contribution in [1.29, 1.82) is 0 Å². The van der Waals surface area contributed by atoms with Gasteiger partial charge in [-0.1, -0.05) is 25.3 Å². The van der Waals surface area contributed by atoms with E-state index in [0.717, 1.165) is 38.2 Å². The van der Waals surface area contributed by atoms with Gasteiger partial charge < -0.3 is 30.7 Å². The Morgan fingerprint density at radius 3 is 2.55 bits per heavy atom. The van der Waals surface area contributed by atoms with E-state index in [1.54, 1.807) is 0 Å². The topological polar surface area (TPSA) is 120 Å². The molecule has 1 unspecified atom stereocenters. The van der Waals surface area contributed by atoms with E-state index in [1.807, 2.05) is 5.32 Å². The highest BCUT2D eigenvalue weighted by Gasteiger charge is 2.32. The molecule has 0 bridgehead atoms. The lowest BCUT2D eigenvalue weighted by molar-refractivity contribution is -0.133. The molecule has 38 heavy (non-hydrogen) atoms. The zero-order chi connectivity index (χ0) is 27.2. The number of nitrogens with one attached hydrogen (secondary N) is 3. The number of aliphatic hydroxyl groups excluding tert-OH is 1. The molecular formula is C26H29F3N4O5. The molecule has 1 aliphatic heterocycles. The average molecular weight is 535 g/mol. The highest BCUT2D eigenvalue weighted by Crippen LogP contribution is 2.28. The molecule has 1 heterocycles. The third-order valence-corrected chi connectivity index (χ3v) is 6.53. The summed E-state index contributed by atoms with van der Waals surface area (Å²) in [5.74, 6) is -2.51. The minimum absolute atomic E-state index is 0.00909. The SMILES string of the molecule is O=C(NC1CCCCC1)c1cccc(=O)c(Nc2ccc(N3C[C@H](CNC(=O)C(F)F)OC3O)cc2F)c1. The molecule has 2 aromatic rings. The molecule has 1 saturated carbocycles. The second kappa shape index (κ2) is 12.3. The molecular weight excluding hydrogens is 505 g/mol. The normalized spacial score (nSPS) is 19.9. The van der Waals surface area contributed by atoms with E-state index in [4.69, 9.17) is 4.74 Å². The van der Waals surface area contributed by atoms with E-state index in [1.165, 1.54) is 41.3 Å². The number of ether oxygens (including phenoxy) is 1. The molecule has 9 nitrogen and oxygen atoms in total. The number of halogens is 3. The Bertz CT molecular complexity index is 1230. The van der Waals surface area contributed by atoms with Gasteiger partial charge in [-0.2, -0.15) is 8.78 Å². The maximum Gasteiger partial charge on any atom is 0.315 e. The number of hydrogen-bond donors (Lipinski definition) is 4. The molecule has 0 aromatic heterocycles. The second-order valence-corrected chi connectivity index (χ2v) is 9.28. The van der Waals surface area contributed by atoms with E-state index >= 15 is 4.39 Å². The van der Waals surface area contributed by atoms with Crippen molar-refractivity contribution in [2.24, 2.45) is 0 Å². The number of amides is 2. The van der Waals surface area contributed by atoms with Gasteiger partial charge in [-0.3, -0.25) is 14.4 Å². The van der Waals surface area contributed by atoms with Gasteiger partial charge in [-0.05, 0) is 49.2 Å². The van der Waals surface area contributed by atoms with Gasteiger partial charge in [-0.25, -0.2) is 4.39 Å². The van der Waals surface area contributed by atoms with Crippen molar-refractivity contribution >= 4 is 28.9 Å². The molecule has 2 fully saturated rings. The van der Waals surface area contributed by atoms with Crippen LogP contribution in [0.3, 0.4) is 0 Å². The zero-order valence-electron chi connectivity index (χ0n) is 20.5. The Morgan fingerprint density at radius 2 is 1.84 bits per heavy atom. The third kappa shape index (κ3) is 6.81. The number of carbonyl (C=O) groups excluding carboxylic acids is 2. The van der Waals surface area contributed by atoms with Crippen LogP contribution in [0.15, 0.2) is 47.3 Å². The second-order valence-electron chi connectivity index (χ2n) is 9.28. The van der Waals surface area contributed by atoms with Crippen LogP contribution in [0.2, 0.25) is 0 Å². The quantitative estimate of drug-likeness (QED) is 0.411. The third-order valence-electron chi connectivity index (χ3n) is 6.53. The van der Waals surface area contributed by atoms with E-state index in [-0.39, 0.29) is 47.7 Å². The molecule has 12 heteroatoms. The molecule has 2 atom stereocenters. The van der Waals surface area contributed by atoms with Crippen LogP contribution in [-0.2, 0) is 9.53 Å². The van der Waals surface area contributed by atoms with Crippen molar-refractivity contribution in [3.8, 4) is 0 Å². The maximum atomic E-state index is 15.0. The smallest absolute Gasteiger partial charge is 0.315 e. The molecule has 2 aromatic carbocycles. The predicted molar refractivity (Wildman–Crippen MR) is 134 cm³/mol. The van der Waals surface area contributed by atoms with Crippen LogP contribution >= 0.6 is 0 Å². The highest BCUT2D eigenvalue weighted by molar-refractivity contribution is 5.95. The van der Waals surface area contributed by atoms with Crippen LogP contribution in [0.4, 0.5) is 30.2 Å². The monoisotopic (exact) mass is 534 g/mol. The van der Waals surface area contributed by atoms with E-state index < -0.39 is 36.1 Å². The van der Waals surface area contributed by atoms with Crippen molar-refractivity contribution in [3.63, 3.8) is 0 Å². The summed E-state index contributed by atoms with van der Waals surface area (Å²) in [5.41, 5.74) is 0.0272. The van der Waals surface area contributed by atoms with Gasteiger partial charge in [0.25, 0.3) is 11.8 Å². The summed E-state index contributed by atoms with van der Waals surface area (Å²) in [6.45, 7) is -0.248. The van der Waals surface area contributed by atoms with Crippen molar-refractivity contribution in [2.45, 2.75) is 57.1 Å². The van der Waals surface area contributed by atoms with Crippen LogP contribution in [-0.4, -0.2) is 55.0 Å². The summed E-state index contributed by atoms with van der Waals surface area (Å²) in [7, 11) is 0. The van der Waals surface area contributed by atoms with Gasteiger partial charge >= 0.3 is 6.43 Å². The van der Waals surface area contributed by atoms with E-state index in [2.05, 4.69) is 10.6 Å². The lowest BCUT2D eigenvalue weighted by Gasteiger charge is -2.22. The summed E-state index contributed by atoms with van der Waals surface area (Å²) in [6, 6.07) is 9.68. The average Bonchev–Trinajstić information content (AvgIpc) is 3.16. The lowest BCUT2D eigenvalue weighted by Crippen LogP contribution is -2.37. The fourth-order valence-electron chi connectivity index (χ4n) is 4.52. The molecule has 4 N–H and O–H groups in total. The van der Waals surface area contributed by atoms with Gasteiger partial charge in [0, 0.05) is 23.8 Å². The summed E-state index contributed by atoms with van der Waals surface area (Å²) in [5, 5.41) is 17.9. The first kappa shape index (κ1) is 27.4. The van der Waals surface area contributed by atoms with Crippen LogP contribution in [0, 0.1) is 5.82 Å². The Hall–Kier alpha value is -3.64. The lowest BCUT2D eigenvalue weighted by atomic mass is 9.95. The van der Waals surface area contributed by atoms with Crippen LogP contribution < -0.4 is 26.3 Å². The van der Waals surface area contributed by atoms with Crippen molar-refractivity contribution in [2.75, 3.05) is 23.3 Å². The summed E-state index contributed by atoms with van der Waals surface area (Å²) in [4.78, 5) is 37.7. The van der Waals surface area contributed by atoms with Gasteiger partial charge in [0.2, 0.25) is 11.8 Å². The van der Waals surface area contributed by atoms with Gasteiger partial charge in [0.1, 0.15) is 5.82 Å². The number of carbonyl (C=O) groups is 2. The number of alkyl halides is 2. The molecule has 0 radical (unpaired) electrons. The predicted octanol–water partition coefficient (Wildman–Crippen LogP) is 2.85. The number of rotatable bonds is 8. The fourth-order valence-corrected chi connectivity index (χ4v) is 4.52. The summed E-state index contributed by atoms with van der Waals surface area (Å²) < 4.78 is 45.0. The molecule has 2 amide bonds. The number of aliphatic hydroxyl groups is 1. The van der Waals surface area contributed by atoms with Crippen LogP contribution in [0.5, 0.6) is 0 Å². The molecule has 0 spiro atoms. The van der Waals surface area contributed by atoms with Crippen LogP contribution in [0.25, 0.3) is 0 Å². The first-order valence-electron chi connectivity index (χ1n) is 12.4. The van der Waals surface area contributed by atoms with Gasteiger partial charge in [0.15, 0.2) is 0 Å².